The van der Waals surface area contributed by atoms with E-state index < -0.39 is 6.55 Å². The lowest BCUT2D eigenvalue weighted by Crippen LogP contribution is -2.40. The molecule has 4 nitrogen and oxygen atoms in total. The van der Waals surface area contributed by atoms with Gasteiger partial charge in [0.05, 0.1) is 0 Å². The Morgan fingerprint density at radius 3 is 2.71 bits per heavy atom. The summed E-state index contributed by atoms with van der Waals surface area (Å²) in [4.78, 5) is 12.2. The van der Waals surface area contributed by atoms with Crippen LogP contribution in [-0.2, 0) is 0 Å². The summed E-state index contributed by atoms with van der Waals surface area (Å²) in [6, 6.07) is 1.49. The van der Waals surface area contributed by atoms with Gasteiger partial charge in [0.1, 0.15) is 0 Å². The van der Waals surface area contributed by atoms with E-state index in [9.17, 15) is 13.6 Å². The molecule has 21 heavy (non-hydrogen) atoms. The van der Waals surface area contributed by atoms with Gasteiger partial charge in [0, 0.05) is 11.7 Å². The number of aryl methyl sites for hydroxylation is 1. The molecular weight excluding hydrogens is 276 g/mol. The smallest absolute Gasteiger partial charge is 0.333 e. The second-order valence-corrected chi connectivity index (χ2v) is 6.49. The lowest BCUT2D eigenvalue weighted by Gasteiger charge is -2.28. The lowest BCUT2D eigenvalue weighted by molar-refractivity contribution is 0.0538. The third-order valence-electron chi connectivity index (χ3n) is 5.13. The molecule has 2 fully saturated rings. The molecule has 2 aliphatic rings. The first-order chi connectivity index (χ1) is 9.95. The first-order valence-corrected chi connectivity index (χ1v) is 7.61. The standard InChI is InChI=1S/C15H21F2N3O/c1-8-5-13(19-20(8)15(16)17)14(21)18-9(2)12-7-10-3-4-11(12)6-10/h5,9-12,15H,3-4,6-7H2,1-2H3,(H,18,21)/t9-,10-,11-,12-/m0/s1. The van der Waals surface area contributed by atoms with Crippen LogP contribution in [0.25, 0.3) is 0 Å². The van der Waals surface area contributed by atoms with Crippen LogP contribution in [0.15, 0.2) is 6.07 Å². The predicted octanol–water partition coefficient (Wildman–Crippen LogP) is 3.14. The molecule has 1 heterocycles. The fourth-order valence-electron chi connectivity index (χ4n) is 4.09. The molecule has 1 aromatic heterocycles. The Morgan fingerprint density at radius 1 is 1.43 bits per heavy atom. The van der Waals surface area contributed by atoms with Crippen LogP contribution < -0.4 is 5.32 Å². The Morgan fingerprint density at radius 2 is 2.19 bits per heavy atom. The second kappa shape index (κ2) is 5.39. The van der Waals surface area contributed by atoms with Crippen LogP contribution in [0.4, 0.5) is 8.78 Å². The first-order valence-electron chi connectivity index (χ1n) is 7.61. The summed E-state index contributed by atoms with van der Waals surface area (Å²) >= 11 is 0. The minimum Gasteiger partial charge on any atom is -0.348 e. The normalized spacial score (nSPS) is 29.1. The molecule has 0 unspecified atom stereocenters. The number of hydrogen-bond acceptors (Lipinski definition) is 2. The zero-order valence-corrected chi connectivity index (χ0v) is 12.4. The number of rotatable bonds is 4. The number of halogens is 2. The number of fused-ring (bicyclic) bond motifs is 2. The van der Waals surface area contributed by atoms with E-state index in [0.29, 0.717) is 22.2 Å². The van der Waals surface area contributed by atoms with E-state index in [1.54, 1.807) is 0 Å². The molecule has 2 saturated carbocycles. The Kier molecular flexibility index (Phi) is 3.71. The van der Waals surface area contributed by atoms with Gasteiger partial charge in [0.2, 0.25) is 0 Å². The van der Waals surface area contributed by atoms with Crippen LogP contribution in [0.3, 0.4) is 0 Å². The molecule has 116 valence electrons. The summed E-state index contributed by atoms with van der Waals surface area (Å²) in [5.41, 5.74) is 0.366. The summed E-state index contributed by atoms with van der Waals surface area (Å²) in [5.74, 6) is 1.70. The van der Waals surface area contributed by atoms with Crippen molar-refractivity contribution in [3.63, 3.8) is 0 Å². The molecule has 4 atom stereocenters. The number of alkyl halides is 2. The third-order valence-corrected chi connectivity index (χ3v) is 5.13. The van der Waals surface area contributed by atoms with Gasteiger partial charge in [-0.1, -0.05) is 6.42 Å². The molecule has 1 aromatic rings. The van der Waals surface area contributed by atoms with Crippen LogP contribution in [0.1, 0.15) is 55.3 Å². The van der Waals surface area contributed by atoms with Gasteiger partial charge < -0.3 is 5.32 Å². The van der Waals surface area contributed by atoms with Crippen molar-refractivity contribution in [3.05, 3.63) is 17.5 Å². The molecule has 0 radical (unpaired) electrons. The number of hydrogen-bond donors (Lipinski definition) is 1. The minimum absolute atomic E-state index is 0.0720. The highest BCUT2D eigenvalue weighted by Crippen LogP contribution is 2.49. The lowest BCUT2D eigenvalue weighted by atomic mass is 9.84. The summed E-state index contributed by atoms with van der Waals surface area (Å²) in [7, 11) is 0. The molecule has 0 aliphatic heterocycles. The van der Waals surface area contributed by atoms with Gasteiger partial charge in [-0.2, -0.15) is 13.9 Å². The quantitative estimate of drug-likeness (QED) is 0.928. The molecule has 6 heteroatoms. The van der Waals surface area contributed by atoms with Crippen molar-refractivity contribution in [1.82, 2.24) is 15.1 Å². The average Bonchev–Trinajstić information content (AvgIpc) is 3.12. The van der Waals surface area contributed by atoms with E-state index in [-0.39, 0.29) is 17.6 Å². The largest absolute Gasteiger partial charge is 0.348 e. The number of carbonyl (C=O) groups excluding carboxylic acids is 1. The van der Waals surface area contributed by atoms with Crippen molar-refractivity contribution in [2.24, 2.45) is 17.8 Å². The maximum Gasteiger partial charge on any atom is 0.333 e. The van der Waals surface area contributed by atoms with E-state index in [1.165, 1.54) is 38.7 Å². The fraction of sp³-hybridized carbons (Fsp3) is 0.733. The zero-order valence-electron chi connectivity index (χ0n) is 12.4. The van der Waals surface area contributed by atoms with Crippen LogP contribution >= 0.6 is 0 Å². The Labute approximate surface area is 122 Å². The highest BCUT2D eigenvalue weighted by Gasteiger charge is 2.42. The number of nitrogens with zero attached hydrogens (tertiary/aromatic N) is 2. The van der Waals surface area contributed by atoms with Crippen LogP contribution in [0, 0.1) is 24.7 Å². The summed E-state index contributed by atoms with van der Waals surface area (Å²) < 4.78 is 25.9. The number of nitrogens with one attached hydrogen (secondary N) is 1. The monoisotopic (exact) mass is 297 g/mol. The number of carbonyl (C=O) groups is 1. The first kappa shape index (κ1) is 14.5. The average molecular weight is 297 g/mol. The number of amides is 1. The van der Waals surface area contributed by atoms with E-state index in [0.717, 1.165) is 5.92 Å². The Hall–Kier alpha value is -1.46. The highest BCUT2D eigenvalue weighted by atomic mass is 19.3. The van der Waals surface area contributed by atoms with E-state index in [1.807, 2.05) is 6.92 Å². The van der Waals surface area contributed by atoms with Gasteiger partial charge in [-0.15, -0.1) is 0 Å². The second-order valence-electron chi connectivity index (χ2n) is 6.49. The van der Waals surface area contributed by atoms with Gasteiger partial charge in [0.25, 0.3) is 5.91 Å². The molecule has 1 N–H and O–H groups in total. The zero-order chi connectivity index (χ0) is 15.1. The topological polar surface area (TPSA) is 46.9 Å². The predicted molar refractivity (Wildman–Crippen MR) is 74.1 cm³/mol. The van der Waals surface area contributed by atoms with Gasteiger partial charge in [-0.25, -0.2) is 4.68 Å². The maximum atomic E-state index is 12.7. The minimum atomic E-state index is -2.71. The maximum absolute atomic E-state index is 12.7. The van der Waals surface area contributed by atoms with Gasteiger partial charge in [-0.05, 0) is 56.9 Å². The van der Waals surface area contributed by atoms with Gasteiger partial charge >= 0.3 is 6.55 Å². The third kappa shape index (κ3) is 2.68. The number of aromatic nitrogens is 2. The molecule has 3 rings (SSSR count). The van der Waals surface area contributed by atoms with E-state index >= 15 is 0 Å². The summed E-state index contributed by atoms with van der Waals surface area (Å²) in [6.45, 7) is 0.824. The van der Waals surface area contributed by atoms with Gasteiger partial charge in [-0.3, -0.25) is 4.79 Å². The SMILES string of the molecule is Cc1cc(C(=O)N[C@@H](C)[C@@H]2C[C@H]3CC[C@H]2C3)nn1C(F)F. The highest BCUT2D eigenvalue weighted by molar-refractivity contribution is 5.92. The summed E-state index contributed by atoms with van der Waals surface area (Å²) in [5, 5.41) is 6.63. The Balaban J connectivity index is 1.64. The molecule has 2 bridgehead atoms. The van der Waals surface area contributed by atoms with Crippen molar-refractivity contribution in [2.45, 2.75) is 52.1 Å². The van der Waals surface area contributed by atoms with E-state index in [4.69, 9.17) is 0 Å². The van der Waals surface area contributed by atoms with Crippen LogP contribution in [0.5, 0.6) is 0 Å². The molecule has 0 saturated heterocycles. The molecule has 0 spiro atoms. The van der Waals surface area contributed by atoms with Crippen LogP contribution in [-0.4, -0.2) is 21.7 Å². The van der Waals surface area contributed by atoms with Crippen molar-refractivity contribution in [3.8, 4) is 0 Å². The molecule has 0 aromatic carbocycles. The van der Waals surface area contributed by atoms with Crippen LogP contribution in [0.2, 0.25) is 0 Å². The van der Waals surface area contributed by atoms with Gasteiger partial charge in [0.15, 0.2) is 5.69 Å². The Bertz CT molecular complexity index is 543. The fourth-order valence-corrected chi connectivity index (χ4v) is 4.09. The van der Waals surface area contributed by atoms with E-state index in [2.05, 4.69) is 10.4 Å². The molecule has 1 amide bonds. The van der Waals surface area contributed by atoms with Crippen molar-refractivity contribution in [1.29, 1.82) is 0 Å². The van der Waals surface area contributed by atoms with Crippen molar-refractivity contribution in [2.75, 3.05) is 0 Å². The van der Waals surface area contributed by atoms with Crippen molar-refractivity contribution < 1.29 is 13.6 Å². The summed E-state index contributed by atoms with van der Waals surface area (Å²) in [6.07, 6.45) is 5.04. The van der Waals surface area contributed by atoms with Crippen molar-refractivity contribution >= 4 is 5.91 Å². The molecule has 2 aliphatic carbocycles. The molecular formula is C15H21F2N3O.